The molecule has 0 saturated carbocycles. The van der Waals surface area contributed by atoms with Gasteiger partial charge in [0.05, 0.1) is 17.1 Å². The van der Waals surface area contributed by atoms with Gasteiger partial charge in [-0.25, -0.2) is 4.98 Å². The summed E-state index contributed by atoms with van der Waals surface area (Å²) in [6.45, 7) is 0. The molecular formula is C24H22N2. The molecule has 0 radical (unpaired) electrons. The SMILES string of the molecule is c1ccc2c(c1)CCc1cc3c(nc1-2)-c1nc2c(cc1CC3)CCCC2. The maximum absolute atomic E-state index is 5.22. The van der Waals surface area contributed by atoms with Gasteiger partial charge in [-0.05, 0) is 79.2 Å². The molecule has 0 N–H and O–H groups in total. The van der Waals surface area contributed by atoms with Crippen LogP contribution in [0.1, 0.15) is 46.4 Å². The van der Waals surface area contributed by atoms with Crippen LogP contribution >= 0.6 is 0 Å². The number of nitrogens with zero attached hydrogens (tertiary/aromatic N) is 2. The van der Waals surface area contributed by atoms with Crippen LogP contribution in [0.25, 0.3) is 22.6 Å². The zero-order valence-corrected chi connectivity index (χ0v) is 15.0. The molecule has 0 amide bonds. The van der Waals surface area contributed by atoms with Crippen molar-refractivity contribution in [1.82, 2.24) is 9.97 Å². The minimum absolute atomic E-state index is 1.10. The number of aryl methyl sites for hydroxylation is 6. The summed E-state index contributed by atoms with van der Waals surface area (Å²) in [4.78, 5) is 10.4. The molecule has 0 unspecified atom stereocenters. The first kappa shape index (κ1) is 14.7. The lowest BCUT2D eigenvalue weighted by Gasteiger charge is -2.26. The second-order valence-corrected chi connectivity index (χ2v) is 7.97. The maximum Gasteiger partial charge on any atom is 0.0928 e. The molecule has 6 rings (SSSR count). The van der Waals surface area contributed by atoms with Gasteiger partial charge >= 0.3 is 0 Å². The normalized spacial score (nSPS) is 16.8. The van der Waals surface area contributed by atoms with Crippen molar-refractivity contribution in [1.29, 1.82) is 0 Å². The van der Waals surface area contributed by atoms with Gasteiger partial charge < -0.3 is 0 Å². The van der Waals surface area contributed by atoms with E-state index in [-0.39, 0.29) is 0 Å². The van der Waals surface area contributed by atoms with Crippen molar-refractivity contribution >= 4 is 0 Å². The van der Waals surface area contributed by atoms with E-state index < -0.39 is 0 Å². The van der Waals surface area contributed by atoms with Crippen molar-refractivity contribution in [2.75, 3.05) is 0 Å². The number of benzene rings is 1. The molecule has 0 aliphatic heterocycles. The third kappa shape index (κ3) is 2.11. The van der Waals surface area contributed by atoms with Crippen LogP contribution in [0.5, 0.6) is 0 Å². The van der Waals surface area contributed by atoms with E-state index in [4.69, 9.17) is 9.97 Å². The molecule has 1 aromatic carbocycles. The van der Waals surface area contributed by atoms with E-state index in [1.54, 1.807) is 0 Å². The Kier molecular flexibility index (Phi) is 3.11. The fourth-order valence-electron chi connectivity index (χ4n) is 5.01. The predicted octanol–water partition coefficient (Wildman–Crippen LogP) is 4.89. The van der Waals surface area contributed by atoms with E-state index in [9.17, 15) is 0 Å². The predicted molar refractivity (Wildman–Crippen MR) is 104 cm³/mol. The van der Waals surface area contributed by atoms with Gasteiger partial charge in [0.2, 0.25) is 0 Å². The molecule has 3 aromatic rings. The lowest BCUT2D eigenvalue weighted by molar-refractivity contribution is 0.665. The number of pyridine rings is 2. The van der Waals surface area contributed by atoms with Gasteiger partial charge in [-0.3, -0.25) is 4.98 Å². The second kappa shape index (κ2) is 5.51. The van der Waals surface area contributed by atoms with E-state index >= 15 is 0 Å². The highest BCUT2D eigenvalue weighted by molar-refractivity contribution is 5.76. The average Bonchev–Trinajstić information content (AvgIpc) is 2.71. The van der Waals surface area contributed by atoms with Crippen molar-refractivity contribution in [3.63, 3.8) is 0 Å². The Hall–Kier alpha value is -2.48. The fraction of sp³-hybridized carbons (Fsp3) is 0.333. The highest BCUT2D eigenvalue weighted by Crippen LogP contribution is 2.39. The van der Waals surface area contributed by atoms with Crippen LogP contribution in [0.15, 0.2) is 36.4 Å². The van der Waals surface area contributed by atoms with Gasteiger partial charge in [0, 0.05) is 11.3 Å². The van der Waals surface area contributed by atoms with Crippen molar-refractivity contribution in [2.24, 2.45) is 0 Å². The van der Waals surface area contributed by atoms with Gasteiger partial charge in [-0.15, -0.1) is 0 Å². The number of fused-ring (bicyclic) bond motifs is 7. The molecule has 3 aliphatic rings. The van der Waals surface area contributed by atoms with Gasteiger partial charge in [-0.2, -0.15) is 0 Å². The second-order valence-electron chi connectivity index (χ2n) is 7.97. The molecule has 0 bridgehead atoms. The summed E-state index contributed by atoms with van der Waals surface area (Å²) in [6.07, 6.45) is 9.37. The fourth-order valence-corrected chi connectivity index (χ4v) is 5.01. The molecule has 0 spiro atoms. The number of hydrogen-bond acceptors (Lipinski definition) is 2. The van der Waals surface area contributed by atoms with Crippen LogP contribution < -0.4 is 0 Å². The number of rotatable bonds is 0. The van der Waals surface area contributed by atoms with Crippen LogP contribution in [0.3, 0.4) is 0 Å². The Bertz CT molecular complexity index is 1050. The topological polar surface area (TPSA) is 25.8 Å². The van der Waals surface area contributed by atoms with Gasteiger partial charge in [0.15, 0.2) is 0 Å². The first-order chi connectivity index (χ1) is 12.9. The Morgan fingerprint density at radius 3 is 2.08 bits per heavy atom. The summed E-state index contributed by atoms with van der Waals surface area (Å²) < 4.78 is 0. The zero-order valence-electron chi connectivity index (χ0n) is 15.0. The monoisotopic (exact) mass is 338 g/mol. The zero-order chi connectivity index (χ0) is 17.1. The standard InChI is InChI=1S/C24H22N2/c1-3-7-20-15(5-1)9-10-17-14-19-12-11-18-13-16-6-2-4-8-21(16)25-23(18)24(19)26-22(17)20/h1,3,5,7,13-14H,2,4,6,8-12H2. The summed E-state index contributed by atoms with van der Waals surface area (Å²) in [5.41, 5.74) is 13.3. The van der Waals surface area contributed by atoms with E-state index in [1.165, 1.54) is 64.0 Å². The third-order valence-corrected chi connectivity index (χ3v) is 6.38. The van der Waals surface area contributed by atoms with Crippen molar-refractivity contribution in [3.8, 4) is 22.6 Å². The molecule has 26 heavy (non-hydrogen) atoms. The van der Waals surface area contributed by atoms with Gasteiger partial charge in [-0.1, -0.05) is 36.4 Å². The van der Waals surface area contributed by atoms with Crippen molar-refractivity contribution in [3.05, 3.63) is 69.9 Å². The molecule has 128 valence electrons. The van der Waals surface area contributed by atoms with Gasteiger partial charge in [0.1, 0.15) is 0 Å². The first-order valence-corrected chi connectivity index (χ1v) is 10.00. The Labute approximate surface area is 154 Å². The van der Waals surface area contributed by atoms with Crippen LogP contribution in [-0.2, 0) is 38.5 Å². The summed E-state index contributed by atoms with van der Waals surface area (Å²) in [7, 11) is 0. The third-order valence-electron chi connectivity index (χ3n) is 6.38. The minimum atomic E-state index is 1.10. The van der Waals surface area contributed by atoms with Crippen molar-refractivity contribution < 1.29 is 0 Å². The minimum Gasteiger partial charge on any atom is -0.251 e. The smallest absolute Gasteiger partial charge is 0.0928 e. The molecule has 3 aliphatic carbocycles. The van der Waals surface area contributed by atoms with E-state index in [2.05, 4.69) is 36.4 Å². The van der Waals surface area contributed by atoms with E-state index in [1.807, 2.05) is 0 Å². The molecule has 0 atom stereocenters. The Balaban J connectivity index is 1.57. The van der Waals surface area contributed by atoms with Crippen LogP contribution in [-0.4, -0.2) is 9.97 Å². The summed E-state index contributed by atoms with van der Waals surface area (Å²) in [5.74, 6) is 0. The Morgan fingerprint density at radius 2 is 1.19 bits per heavy atom. The first-order valence-electron chi connectivity index (χ1n) is 10.00. The lowest BCUT2D eigenvalue weighted by Crippen LogP contribution is -2.15. The average molecular weight is 338 g/mol. The Morgan fingerprint density at radius 1 is 0.538 bits per heavy atom. The maximum atomic E-state index is 5.22. The number of aromatic nitrogens is 2. The quantitative estimate of drug-likeness (QED) is 0.583. The van der Waals surface area contributed by atoms with E-state index in [0.29, 0.717) is 0 Å². The highest BCUT2D eigenvalue weighted by atomic mass is 14.8. The molecule has 0 saturated heterocycles. The van der Waals surface area contributed by atoms with Crippen LogP contribution in [0, 0.1) is 0 Å². The van der Waals surface area contributed by atoms with Crippen LogP contribution in [0.2, 0.25) is 0 Å². The lowest BCUT2D eigenvalue weighted by atomic mass is 9.84. The molecule has 2 aromatic heterocycles. The summed E-state index contributed by atoms with van der Waals surface area (Å²) in [6, 6.07) is 13.6. The molecular weight excluding hydrogens is 316 g/mol. The van der Waals surface area contributed by atoms with E-state index in [0.717, 1.165) is 43.5 Å². The molecule has 2 heterocycles. The largest absolute Gasteiger partial charge is 0.251 e. The molecule has 2 heteroatoms. The summed E-state index contributed by atoms with van der Waals surface area (Å²) >= 11 is 0. The summed E-state index contributed by atoms with van der Waals surface area (Å²) in [5, 5.41) is 0. The highest BCUT2D eigenvalue weighted by Gasteiger charge is 2.26. The van der Waals surface area contributed by atoms with Gasteiger partial charge in [0.25, 0.3) is 0 Å². The molecule has 0 fully saturated rings. The van der Waals surface area contributed by atoms with Crippen molar-refractivity contribution in [2.45, 2.75) is 51.4 Å². The van der Waals surface area contributed by atoms with Crippen LogP contribution in [0.4, 0.5) is 0 Å². The number of hydrogen-bond donors (Lipinski definition) is 0. The molecule has 2 nitrogen and oxygen atoms in total.